The van der Waals surface area contributed by atoms with Crippen LogP contribution in [0.15, 0.2) is 51.9 Å². The third-order valence-electron chi connectivity index (χ3n) is 5.32. The van der Waals surface area contributed by atoms with E-state index in [2.05, 4.69) is 10.1 Å². The Morgan fingerprint density at radius 2 is 1.87 bits per heavy atom. The number of hydrogen-bond donors (Lipinski definition) is 0. The Labute approximate surface area is 173 Å². The van der Waals surface area contributed by atoms with Crippen molar-refractivity contribution in [3.63, 3.8) is 0 Å². The number of benzene rings is 2. The lowest BCUT2D eigenvalue weighted by Gasteiger charge is -2.31. The van der Waals surface area contributed by atoms with Gasteiger partial charge in [-0.2, -0.15) is 9.29 Å². The number of halogens is 2. The van der Waals surface area contributed by atoms with Crippen LogP contribution in [0.5, 0.6) is 0 Å². The Kier molecular flexibility index (Phi) is 5.66. The number of piperidine rings is 1. The topological polar surface area (TPSA) is 76.3 Å². The molecule has 3 aromatic rings. The van der Waals surface area contributed by atoms with Crippen molar-refractivity contribution in [1.29, 1.82) is 0 Å². The lowest BCUT2D eigenvalue weighted by Crippen LogP contribution is -2.41. The van der Waals surface area contributed by atoms with Crippen LogP contribution in [-0.2, 0) is 16.4 Å². The summed E-state index contributed by atoms with van der Waals surface area (Å²) in [5.74, 6) is -1.37. The molecule has 0 aliphatic carbocycles. The van der Waals surface area contributed by atoms with E-state index in [1.807, 2.05) is 31.2 Å². The standard InChI is InChI=1S/C21H21F2N3O3S/c1-14-6-2-3-8-16(14)21-24-19(29-25-21)12-15-7-5-11-26(13-15)30(27,28)20-17(22)9-4-10-18(20)23/h2-4,6,8-10,15H,5,7,11-13H2,1H3/t15-/m0/s1. The van der Waals surface area contributed by atoms with Gasteiger partial charge in [0.15, 0.2) is 4.90 Å². The van der Waals surface area contributed by atoms with E-state index < -0.39 is 26.6 Å². The third-order valence-corrected chi connectivity index (χ3v) is 7.23. The van der Waals surface area contributed by atoms with Crippen molar-refractivity contribution in [2.45, 2.75) is 31.1 Å². The lowest BCUT2D eigenvalue weighted by atomic mass is 9.96. The highest BCUT2D eigenvalue weighted by Gasteiger charge is 2.34. The van der Waals surface area contributed by atoms with Crippen LogP contribution in [0.2, 0.25) is 0 Å². The molecule has 2 aromatic carbocycles. The van der Waals surface area contributed by atoms with Gasteiger partial charge in [0, 0.05) is 25.1 Å². The van der Waals surface area contributed by atoms with Gasteiger partial charge in [0.2, 0.25) is 21.7 Å². The van der Waals surface area contributed by atoms with Crippen molar-refractivity contribution >= 4 is 10.0 Å². The van der Waals surface area contributed by atoms with E-state index in [1.54, 1.807) is 0 Å². The number of aryl methyl sites for hydroxylation is 1. The maximum absolute atomic E-state index is 14.1. The number of sulfonamides is 1. The van der Waals surface area contributed by atoms with Gasteiger partial charge in [0.05, 0.1) is 0 Å². The second-order valence-corrected chi connectivity index (χ2v) is 9.33. The van der Waals surface area contributed by atoms with Crippen LogP contribution in [0.25, 0.3) is 11.4 Å². The zero-order valence-corrected chi connectivity index (χ0v) is 17.2. The summed E-state index contributed by atoms with van der Waals surface area (Å²) in [5.41, 5.74) is 1.89. The van der Waals surface area contributed by atoms with Gasteiger partial charge in [0.1, 0.15) is 11.6 Å². The molecule has 158 valence electrons. The molecular formula is C21H21F2N3O3S. The summed E-state index contributed by atoms with van der Waals surface area (Å²) in [6.07, 6.45) is 1.73. The Bertz CT molecular complexity index is 1140. The van der Waals surface area contributed by atoms with Crippen LogP contribution in [0.4, 0.5) is 8.78 Å². The quantitative estimate of drug-likeness (QED) is 0.609. The van der Waals surface area contributed by atoms with Gasteiger partial charge in [-0.15, -0.1) is 0 Å². The van der Waals surface area contributed by atoms with E-state index in [4.69, 9.17) is 4.52 Å². The summed E-state index contributed by atoms with van der Waals surface area (Å²) in [7, 11) is -4.28. The summed E-state index contributed by atoms with van der Waals surface area (Å²) in [6, 6.07) is 10.7. The highest BCUT2D eigenvalue weighted by molar-refractivity contribution is 7.89. The Morgan fingerprint density at radius 1 is 1.13 bits per heavy atom. The van der Waals surface area contributed by atoms with Gasteiger partial charge in [0.25, 0.3) is 0 Å². The smallest absolute Gasteiger partial charge is 0.248 e. The van der Waals surface area contributed by atoms with Gasteiger partial charge in [-0.25, -0.2) is 17.2 Å². The van der Waals surface area contributed by atoms with Crippen molar-refractivity contribution in [1.82, 2.24) is 14.4 Å². The number of aromatic nitrogens is 2. The van der Waals surface area contributed by atoms with Crippen molar-refractivity contribution in [3.05, 3.63) is 65.6 Å². The summed E-state index contributed by atoms with van der Waals surface area (Å²) < 4.78 is 60.3. The Morgan fingerprint density at radius 3 is 2.60 bits per heavy atom. The molecule has 6 nitrogen and oxygen atoms in total. The molecule has 1 aliphatic heterocycles. The first-order valence-electron chi connectivity index (χ1n) is 9.69. The van der Waals surface area contributed by atoms with Crippen LogP contribution < -0.4 is 0 Å². The minimum Gasteiger partial charge on any atom is -0.339 e. The second-order valence-electron chi connectivity index (χ2n) is 7.45. The fourth-order valence-corrected chi connectivity index (χ4v) is 5.45. The first-order chi connectivity index (χ1) is 14.4. The average Bonchev–Trinajstić information content (AvgIpc) is 3.16. The molecular weight excluding hydrogens is 412 g/mol. The van der Waals surface area contributed by atoms with Gasteiger partial charge in [-0.1, -0.05) is 35.5 Å². The molecule has 0 spiro atoms. The fourth-order valence-electron chi connectivity index (χ4n) is 3.79. The third kappa shape index (κ3) is 3.99. The van der Waals surface area contributed by atoms with Gasteiger partial charge in [-0.05, 0) is 43.4 Å². The zero-order chi connectivity index (χ0) is 21.3. The molecule has 2 heterocycles. The Balaban J connectivity index is 1.51. The molecule has 0 saturated carbocycles. The molecule has 1 saturated heterocycles. The molecule has 9 heteroatoms. The molecule has 1 fully saturated rings. The molecule has 30 heavy (non-hydrogen) atoms. The van der Waals surface area contributed by atoms with Crippen molar-refractivity contribution in [3.8, 4) is 11.4 Å². The number of rotatable bonds is 5. The molecule has 0 unspecified atom stereocenters. The monoisotopic (exact) mass is 433 g/mol. The van der Waals surface area contributed by atoms with Crippen molar-refractivity contribution in [2.75, 3.05) is 13.1 Å². The van der Waals surface area contributed by atoms with Crippen LogP contribution in [0.1, 0.15) is 24.3 Å². The normalized spacial score (nSPS) is 17.9. The molecule has 0 bridgehead atoms. The van der Waals surface area contributed by atoms with Crippen molar-refractivity contribution < 1.29 is 21.7 Å². The second kappa shape index (κ2) is 8.23. The fraction of sp³-hybridized carbons (Fsp3) is 0.333. The summed E-state index contributed by atoms with van der Waals surface area (Å²) in [5, 5.41) is 4.03. The molecule has 0 radical (unpaired) electrons. The summed E-state index contributed by atoms with van der Waals surface area (Å²) in [4.78, 5) is 3.55. The number of hydrogen-bond acceptors (Lipinski definition) is 5. The van der Waals surface area contributed by atoms with E-state index in [9.17, 15) is 17.2 Å². The molecule has 1 aromatic heterocycles. The van der Waals surface area contributed by atoms with Crippen LogP contribution in [0.3, 0.4) is 0 Å². The van der Waals surface area contributed by atoms with Gasteiger partial charge >= 0.3 is 0 Å². The SMILES string of the molecule is Cc1ccccc1-c1noc(C[C@@H]2CCCN(S(=O)(=O)c3c(F)cccc3F)C2)n1. The summed E-state index contributed by atoms with van der Waals surface area (Å²) >= 11 is 0. The van der Waals surface area contributed by atoms with Gasteiger partial charge in [-0.3, -0.25) is 0 Å². The largest absolute Gasteiger partial charge is 0.339 e. The molecule has 4 rings (SSSR count). The highest BCUT2D eigenvalue weighted by Crippen LogP contribution is 2.29. The van der Waals surface area contributed by atoms with Crippen LogP contribution in [-0.4, -0.2) is 36.0 Å². The van der Waals surface area contributed by atoms with E-state index in [1.165, 1.54) is 0 Å². The van der Waals surface area contributed by atoms with E-state index in [-0.39, 0.29) is 19.0 Å². The average molecular weight is 433 g/mol. The van der Waals surface area contributed by atoms with E-state index >= 15 is 0 Å². The molecule has 0 amide bonds. The first kappa shape index (κ1) is 20.6. The number of nitrogens with zero attached hydrogens (tertiary/aromatic N) is 3. The Hall–Kier alpha value is -2.65. The predicted octanol–water partition coefficient (Wildman–Crippen LogP) is 3.97. The molecule has 1 atom stereocenters. The van der Waals surface area contributed by atoms with Crippen LogP contribution in [0, 0.1) is 24.5 Å². The minimum atomic E-state index is -4.28. The summed E-state index contributed by atoms with van der Waals surface area (Å²) in [6.45, 7) is 2.31. The first-order valence-corrected chi connectivity index (χ1v) is 11.1. The molecule has 1 aliphatic rings. The predicted molar refractivity (Wildman–Crippen MR) is 106 cm³/mol. The van der Waals surface area contributed by atoms with E-state index in [0.29, 0.717) is 24.6 Å². The van der Waals surface area contributed by atoms with Crippen LogP contribution >= 0.6 is 0 Å². The zero-order valence-electron chi connectivity index (χ0n) is 16.4. The van der Waals surface area contributed by atoms with Crippen molar-refractivity contribution in [2.24, 2.45) is 5.92 Å². The molecule has 0 N–H and O–H groups in total. The maximum Gasteiger partial charge on any atom is 0.248 e. The van der Waals surface area contributed by atoms with E-state index in [0.717, 1.165) is 40.1 Å². The minimum absolute atomic E-state index is 0.0893. The van der Waals surface area contributed by atoms with Gasteiger partial charge < -0.3 is 4.52 Å². The highest BCUT2D eigenvalue weighted by atomic mass is 32.2. The maximum atomic E-state index is 14.1. The lowest BCUT2D eigenvalue weighted by molar-refractivity contribution is 0.246.